The van der Waals surface area contributed by atoms with Gasteiger partial charge in [-0.25, -0.2) is 13.6 Å². The van der Waals surface area contributed by atoms with Crippen LogP contribution in [-0.4, -0.2) is 20.2 Å². The van der Waals surface area contributed by atoms with Crippen LogP contribution >= 0.6 is 0 Å². The molecule has 0 aliphatic rings. The van der Waals surface area contributed by atoms with E-state index < -0.39 is 27.5 Å². The zero-order valence-corrected chi connectivity index (χ0v) is 10.0. The summed E-state index contributed by atoms with van der Waals surface area (Å²) in [7, 11) is -3.76. The Balaban J connectivity index is 2.72. The number of nitrogens with one attached hydrogen (secondary N) is 1. The van der Waals surface area contributed by atoms with Crippen molar-refractivity contribution in [1.29, 1.82) is 0 Å². The molecule has 0 saturated carbocycles. The van der Waals surface area contributed by atoms with Gasteiger partial charge < -0.3 is 10.1 Å². The highest BCUT2D eigenvalue weighted by Gasteiger charge is 2.30. The van der Waals surface area contributed by atoms with Crippen molar-refractivity contribution in [3.8, 4) is 5.75 Å². The topological polar surface area (TPSA) is 81.4 Å². The van der Waals surface area contributed by atoms with Crippen LogP contribution in [0.5, 0.6) is 5.75 Å². The van der Waals surface area contributed by atoms with Crippen molar-refractivity contribution in [2.45, 2.75) is 18.7 Å². The number of rotatable bonds is 4. The maximum absolute atomic E-state index is 11.9. The number of ether oxygens (including phenoxy) is 1. The molecule has 1 rings (SSSR count). The molecule has 0 aliphatic heterocycles. The number of benzene rings is 1. The fourth-order valence-corrected chi connectivity index (χ4v) is 1.37. The van der Waals surface area contributed by atoms with E-state index in [4.69, 9.17) is 5.14 Å². The van der Waals surface area contributed by atoms with Crippen molar-refractivity contribution in [3.05, 3.63) is 24.3 Å². The minimum atomic E-state index is -4.76. The van der Waals surface area contributed by atoms with Gasteiger partial charge in [0, 0.05) is 5.69 Å². The number of hydrogen-bond donors (Lipinski definition) is 2. The Bertz CT molecular complexity index is 499. The van der Waals surface area contributed by atoms with Gasteiger partial charge in [-0.2, -0.15) is 0 Å². The Kier molecular flexibility index (Phi) is 4.07. The first kappa shape index (κ1) is 14.6. The standard InChI is InChI=1S/C9H11F3N2O3S/c1-6(18(13,15)16)14-7-2-4-8(5-3-7)17-9(10,11)12/h2-6,14H,1H3,(H2,13,15,16). The zero-order valence-electron chi connectivity index (χ0n) is 9.23. The van der Waals surface area contributed by atoms with Crippen molar-refractivity contribution >= 4 is 15.7 Å². The van der Waals surface area contributed by atoms with Crippen LogP contribution in [0, 0.1) is 0 Å². The number of alkyl halides is 3. The molecule has 5 nitrogen and oxygen atoms in total. The smallest absolute Gasteiger partial charge is 0.406 e. The van der Waals surface area contributed by atoms with Gasteiger partial charge in [-0.15, -0.1) is 13.2 Å². The van der Waals surface area contributed by atoms with Crippen LogP contribution in [0.4, 0.5) is 18.9 Å². The van der Waals surface area contributed by atoms with Gasteiger partial charge in [0.15, 0.2) is 0 Å². The molecular weight excluding hydrogens is 273 g/mol. The quantitative estimate of drug-likeness (QED) is 0.880. The molecule has 1 aromatic rings. The molecule has 102 valence electrons. The molecule has 0 saturated heterocycles. The van der Waals surface area contributed by atoms with E-state index >= 15 is 0 Å². The largest absolute Gasteiger partial charge is 0.573 e. The third kappa shape index (κ3) is 4.80. The number of sulfonamides is 1. The van der Waals surface area contributed by atoms with Crippen molar-refractivity contribution in [3.63, 3.8) is 0 Å². The van der Waals surface area contributed by atoms with Crippen LogP contribution in [-0.2, 0) is 10.0 Å². The summed E-state index contributed by atoms with van der Waals surface area (Å²) in [6.07, 6.45) is -4.76. The Morgan fingerprint density at radius 2 is 1.78 bits per heavy atom. The van der Waals surface area contributed by atoms with Crippen LogP contribution < -0.4 is 15.2 Å². The highest BCUT2D eigenvalue weighted by Crippen LogP contribution is 2.24. The predicted octanol–water partition coefficient (Wildman–Crippen LogP) is 1.63. The second-order valence-electron chi connectivity index (χ2n) is 3.45. The van der Waals surface area contributed by atoms with Gasteiger partial charge in [-0.3, -0.25) is 0 Å². The lowest BCUT2D eigenvalue weighted by Gasteiger charge is -2.14. The molecule has 0 aliphatic carbocycles. The monoisotopic (exact) mass is 284 g/mol. The molecule has 0 radical (unpaired) electrons. The lowest BCUT2D eigenvalue weighted by atomic mass is 10.3. The van der Waals surface area contributed by atoms with Gasteiger partial charge in [0.25, 0.3) is 0 Å². The summed E-state index contributed by atoms with van der Waals surface area (Å²) in [5.41, 5.74) is 0.311. The first-order valence-corrected chi connectivity index (χ1v) is 6.33. The number of anilines is 1. The normalized spacial score (nSPS) is 14.1. The molecule has 0 fully saturated rings. The molecule has 1 unspecified atom stereocenters. The number of hydrogen-bond acceptors (Lipinski definition) is 4. The summed E-state index contributed by atoms with van der Waals surface area (Å²) >= 11 is 0. The van der Waals surface area contributed by atoms with E-state index in [0.717, 1.165) is 12.1 Å². The van der Waals surface area contributed by atoms with Gasteiger partial charge in [0.1, 0.15) is 11.1 Å². The number of nitrogens with two attached hydrogens (primary N) is 1. The molecule has 0 bridgehead atoms. The van der Waals surface area contributed by atoms with Gasteiger partial charge in [-0.05, 0) is 31.2 Å². The first-order chi connectivity index (χ1) is 8.08. The van der Waals surface area contributed by atoms with E-state index in [-0.39, 0.29) is 0 Å². The molecule has 0 amide bonds. The summed E-state index contributed by atoms with van der Waals surface area (Å²) in [6.45, 7) is 1.31. The molecule has 9 heteroatoms. The third-order valence-electron chi connectivity index (χ3n) is 1.95. The minimum absolute atomic E-state index is 0.311. The van der Waals surface area contributed by atoms with Crippen molar-refractivity contribution in [1.82, 2.24) is 0 Å². The van der Waals surface area contributed by atoms with Crippen molar-refractivity contribution in [2.24, 2.45) is 5.14 Å². The van der Waals surface area contributed by atoms with Gasteiger partial charge in [0.2, 0.25) is 10.0 Å². The summed E-state index contributed by atoms with van der Waals surface area (Å²) in [4.78, 5) is 0. The molecular formula is C9H11F3N2O3S. The van der Waals surface area contributed by atoms with Gasteiger partial charge in [-0.1, -0.05) is 0 Å². The SMILES string of the molecule is CC(Nc1ccc(OC(F)(F)F)cc1)S(N)(=O)=O. The number of halogens is 3. The Morgan fingerprint density at radius 3 is 2.17 bits per heavy atom. The van der Waals surface area contributed by atoms with Crippen LogP contribution in [0.1, 0.15) is 6.92 Å². The van der Waals surface area contributed by atoms with Crippen LogP contribution in [0.2, 0.25) is 0 Å². The molecule has 0 heterocycles. The highest BCUT2D eigenvalue weighted by molar-refractivity contribution is 7.89. The average molecular weight is 284 g/mol. The molecule has 1 aromatic carbocycles. The number of primary sulfonamides is 1. The van der Waals surface area contributed by atoms with Crippen molar-refractivity contribution < 1.29 is 26.3 Å². The maximum atomic E-state index is 11.9. The molecule has 0 spiro atoms. The second kappa shape index (κ2) is 5.02. The first-order valence-electron chi connectivity index (χ1n) is 4.72. The minimum Gasteiger partial charge on any atom is -0.406 e. The van der Waals surface area contributed by atoms with E-state index in [1.54, 1.807) is 0 Å². The molecule has 1 atom stereocenters. The Morgan fingerprint density at radius 1 is 1.28 bits per heavy atom. The van der Waals surface area contributed by atoms with Crippen molar-refractivity contribution in [2.75, 3.05) is 5.32 Å². The molecule has 0 aromatic heterocycles. The lowest BCUT2D eigenvalue weighted by Crippen LogP contribution is -2.32. The van der Waals surface area contributed by atoms with E-state index in [0.29, 0.717) is 5.69 Å². The molecule has 3 N–H and O–H groups in total. The summed E-state index contributed by atoms with van der Waals surface area (Å²) in [5, 5.41) is 6.35. The van der Waals surface area contributed by atoms with Gasteiger partial charge in [0.05, 0.1) is 0 Å². The Labute approximate surface area is 102 Å². The van der Waals surface area contributed by atoms with E-state index in [2.05, 4.69) is 10.1 Å². The molecule has 18 heavy (non-hydrogen) atoms. The summed E-state index contributed by atoms with van der Waals surface area (Å²) < 4.78 is 61.1. The predicted molar refractivity (Wildman–Crippen MR) is 59.3 cm³/mol. The third-order valence-corrected chi connectivity index (χ3v) is 3.05. The van der Waals surface area contributed by atoms with Crippen LogP contribution in [0.3, 0.4) is 0 Å². The maximum Gasteiger partial charge on any atom is 0.573 e. The van der Waals surface area contributed by atoms with Crippen LogP contribution in [0.25, 0.3) is 0 Å². The fraction of sp³-hybridized carbons (Fsp3) is 0.333. The lowest BCUT2D eigenvalue weighted by molar-refractivity contribution is -0.274. The van der Waals surface area contributed by atoms with E-state index in [1.807, 2.05) is 0 Å². The second-order valence-corrected chi connectivity index (χ2v) is 5.33. The van der Waals surface area contributed by atoms with E-state index in [1.165, 1.54) is 19.1 Å². The van der Waals surface area contributed by atoms with Crippen LogP contribution in [0.15, 0.2) is 24.3 Å². The average Bonchev–Trinajstić information content (AvgIpc) is 2.17. The zero-order chi connectivity index (χ0) is 14.0. The summed E-state index contributed by atoms with van der Waals surface area (Å²) in [5.74, 6) is -0.392. The summed E-state index contributed by atoms with van der Waals surface area (Å²) in [6, 6.07) is 4.63. The fourth-order valence-electron chi connectivity index (χ4n) is 1.07. The Hall–Kier alpha value is -1.48. The highest BCUT2D eigenvalue weighted by atomic mass is 32.2. The van der Waals surface area contributed by atoms with Gasteiger partial charge >= 0.3 is 6.36 Å². The van der Waals surface area contributed by atoms with E-state index in [9.17, 15) is 21.6 Å².